The van der Waals surface area contributed by atoms with Crippen molar-refractivity contribution in [2.75, 3.05) is 12.4 Å². The maximum atomic E-state index is 11.6. The van der Waals surface area contributed by atoms with Gasteiger partial charge in [0.1, 0.15) is 11.3 Å². The number of fused-ring (bicyclic) bond motifs is 1. The van der Waals surface area contributed by atoms with Crippen molar-refractivity contribution in [3.05, 3.63) is 48.7 Å². The van der Waals surface area contributed by atoms with Crippen LogP contribution in [0.4, 0.5) is 10.6 Å². The van der Waals surface area contributed by atoms with Gasteiger partial charge < -0.3 is 0 Å². The summed E-state index contributed by atoms with van der Waals surface area (Å²) in [7, 11) is 1.53. The van der Waals surface area contributed by atoms with Gasteiger partial charge in [-0.25, -0.2) is 14.8 Å². The monoisotopic (exact) mass is 311 g/mol. The molecule has 3 rings (SSSR count). The number of anilines is 1. The number of nitrogens with one attached hydrogen (secondary N) is 1. The number of benzene rings is 1. The van der Waals surface area contributed by atoms with Gasteiger partial charge in [0.25, 0.3) is 0 Å². The van der Waals surface area contributed by atoms with E-state index in [4.69, 9.17) is 0 Å². The molecule has 22 heavy (non-hydrogen) atoms. The van der Waals surface area contributed by atoms with Crippen LogP contribution in [0.2, 0.25) is 0 Å². The number of carbonyl (C=O) groups is 1. The zero-order chi connectivity index (χ0) is 15.5. The first-order chi connectivity index (χ1) is 10.6. The number of aromatic nitrogens is 3. The van der Waals surface area contributed by atoms with E-state index in [9.17, 15) is 4.79 Å². The second-order valence-electron chi connectivity index (χ2n) is 4.61. The molecule has 0 saturated heterocycles. The summed E-state index contributed by atoms with van der Waals surface area (Å²) in [4.78, 5) is 24.8. The standard InChI is InChI=1S/C15H13N5OS/c1-20(22)15(21)19-13-8-7-11-14(18-13)17-12(9-16-11)10-5-3-2-4-6-10/h2-9,22H,1H3,(H,17,18,19,21). The Morgan fingerprint density at radius 3 is 2.64 bits per heavy atom. The van der Waals surface area contributed by atoms with E-state index < -0.39 is 0 Å². The largest absolute Gasteiger partial charge is 0.332 e. The van der Waals surface area contributed by atoms with Crippen molar-refractivity contribution < 1.29 is 4.79 Å². The molecule has 0 unspecified atom stereocenters. The van der Waals surface area contributed by atoms with Gasteiger partial charge in [0.05, 0.1) is 11.9 Å². The third-order valence-corrected chi connectivity index (χ3v) is 3.19. The van der Waals surface area contributed by atoms with Crippen molar-refractivity contribution in [2.24, 2.45) is 0 Å². The van der Waals surface area contributed by atoms with Gasteiger partial charge in [-0.3, -0.25) is 14.6 Å². The fraction of sp³-hybridized carbons (Fsp3) is 0.0667. The second kappa shape index (κ2) is 5.98. The zero-order valence-corrected chi connectivity index (χ0v) is 12.7. The topological polar surface area (TPSA) is 71.0 Å². The van der Waals surface area contributed by atoms with Crippen LogP contribution in [0.3, 0.4) is 0 Å². The van der Waals surface area contributed by atoms with E-state index in [2.05, 4.69) is 33.1 Å². The van der Waals surface area contributed by atoms with Gasteiger partial charge in [0, 0.05) is 12.6 Å². The summed E-state index contributed by atoms with van der Waals surface area (Å²) in [6.07, 6.45) is 1.71. The highest BCUT2D eigenvalue weighted by molar-refractivity contribution is 7.78. The quantitative estimate of drug-likeness (QED) is 0.714. The van der Waals surface area contributed by atoms with Gasteiger partial charge in [-0.1, -0.05) is 43.1 Å². The second-order valence-corrected chi connectivity index (χ2v) is 5.21. The van der Waals surface area contributed by atoms with Gasteiger partial charge in [0.15, 0.2) is 5.65 Å². The Hall–Kier alpha value is -2.67. The molecule has 0 aliphatic carbocycles. The van der Waals surface area contributed by atoms with Gasteiger partial charge in [-0.2, -0.15) is 0 Å². The maximum Gasteiger partial charge on any atom is 0.332 e. The lowest BCUT2D eigenvalue weighted by molar-refractivity contribution is 0.243. The fourth-order valence-corrected chi connectivity index (χ4v) is 1.96. The van der Waals surface area contributed by atoms with E-state index in [0.717, 1.165) is 15.6 Å². The van der Waals surface area contributed by atoms with Crippen LogP contribution in [-0.4, -0.2) is 32.3 Å². The van der Waals surface area contributed by atoms with Gasteiger partial charge in [-0.15, -0.1) is 0 Å². The number of urea groups is 1. The van der Waals surface area contributed by atoms with Crippen molar-refractivity contribution in [1.82, 2.24) is 19.3 Å². The molecule has 0 aliphatic rings. The molecule has 0 aliphatic heterocycles. The summed E-state index contributed by atoms with van der Waals surface area (Å²) in [6, 6.07) is 12.8. The molecule has 0 saturated carbocycles. The molecule has 1 N–H and O–H groups in total. The first-order valence-corrected chi connectivity index (χ1v) is 6.96. The van der Waals surface area contributed by atoms with E-state index in [1.54, 1.807) is 18.3 Å². The number of rotatable bonds is 2. The van der Waals surface area contributed by atoms with Crippen LogP contribution < -0.4 is 5.32 Å². The number of hydrogen-bond donors (Lipinski definition) is 2. The minimum Gasteiger partial charge on any atom is -0.291 e. The molecule has 2 heterocycles. The van der Waals surface area contributed by atoms with Crippen molar-refractivity contribution >= 4 is 35.8 Å². The number of nitrogens with zero attached hydrogens (tertiary/aromatic N) is 4. The predicted octanol–water partition coefficient (Wildman–Crippen LogP) is 3.00. The Balaban J connectivity index is 1.98. The molecular weight excluding hydrogens is 298 g/mol. The van der Waals surface area contributed by atoms with Crippen LogP contribution >= 0.6 is 12.8 Å². The zero-order valence-electron chi connectivity index (χ0n) is 11.8. The normalized spacial score (nSPS) is 10.5. The summed E-state index contributed by atoms with van der Waals surface area (Å²) in [5.41, 5.74) is 2.83. The van der Waals surface area contributed by atoms with Crippen LogP contribution in [0.1, 0.15) is 0 Å². The molecule has 2 aromatic heterocycles. The molecule has 7 heteroatoms. The van der Waals surface area contributed by atoms with Gasteiger partial charge in [-0.05, 0) is 12.1 Å². The Morgan fingerprint density at radius 1 is 1.14 bits per heavy atom. The maximum absolute atomic E-state index is 11.6. The minimum absolute atomic E-state index is 0.373. The van der Waals surface area contributed by atoms with Crippen molar-refractivity contribution in [1.29, 1.82) is 0 Å². The Morgan fingerprint density at radius 2 is 1.91 bits per heavy atom. The molecule has 110 valence electrons. The minimum atomic E-state index is -0.373. The van der Waals surface area contributed by atoms with E-state index in [1.165, 1.54) is 7.05 Å². The lowest BCUT2D eigenvalue weighted by Crippen LogP contribution is -2.23. The highest BCUT2D eigenvalue weighted by Crippen LogP contribution is 2.19. The number of hydrogen-bond acceptors (Lipinski definition) is 5. The number of amides is 2. The first kappa shape index (κ1) is 14.3. The SMILES string of the molecule is CN(S)C(=O)Nc1ccc2ncc(-c3ccccc3)nc2n1. The average molecular weight is 311 g/mol. The summed E-state index contributed by atoms with van der Waals surface area (Å²) < 4.78 is 1.14. The number of thiol groups is 1. The molecule has 0 fully saturated rings. The third kappa shape index (κ3) is 2.99. The highest BCUT2D eigenvalue weighted by atomic mass is 32.1. The first-order valence-electron chi connectivity index (χ1n) is 6.56. The smallest absolute Gasteiger partial charge is 0.291 e. The lowest BCUT2D eigenvalue weighted by Gasteiger charge is -2.10. The molecule has 3 aromatic rings. The number of carbonyl (C=O) groups excluding carboxylic acids is 1. The Bertz CT molecular complexity index is 823. The highest BCUT2D eigenvalue weighted by Gasteiger charge is 2.08. The molecule has 1 aromatic carbocycles. The van der Waals surface area contributed by atoms with Gasteiger partial charge >= 0.3 is 6.03 Å². The third-order valence-electron chi connectivity index (χ3n) is 3.01. The van der Waals surface area contributed by atoms with E-state index in [1.807, 2.05) is 30.3 Å². The molecule has 0 radical (unpaired) electrons. The Kier molecular flexibility index (Phi) is 3.88. The van der Waals surface area contributed by atoms with Crippen molar-refractivity contribution in [2.45, 2.75) is 0 Å². The van der Waals surface area contributed by atoms with Gasteiger partial charge in [0.2, 0.25) is 0 Å². The van der Waals surface area contributed by atoms with Crippen LogP contribution in [0.15, 0.2) is 48.7 Å². The predicted molar refractivity (Wildman–Crippen MR) is 88.5 cm³/mol. The molecular formula is C15H13N5OS. The molecule has 0 spiro atoms. The van der Waals surface area contributed by atoms with Crippen LogP contribution in [-0.2, 0) is 0 Å². The van der Waals surface area contributed by atoms with E-state index in [-0.39, 0.29) is 6.03 Å². The van der Waals surface area contributed by atoms with Crippen LogP contribution in [0, 0.1) is 0 Å². The van der Waals surface area contributed by atoms with E-state index >= 15 is 0 Å². The van der Waals surface area contributed by atoms with Crippen molar-refractivity contribution in [3.8, 4) is 11.3 Å². The average Bonchev–Trinajstić information content (AvgIpc) is 2.55. The fourth-order valence-electron chi connectivity index (χ4n) is 1.91. The molecule has 0 atom stereocenters. The van der Waals surface area contributed by atoms with E-state index in [0.29, 0.717) is 17.0 Å². The van der Waals surface area contributed by atoms with Crippen LogP contribution in [0.25, 0.3) is 22.4 Å². The van der Waals surface area contributed by atoms with Crippen LogP contribution in [0.5, 0.6) is 0 Å². The molecule has 2 amide bonds. The molecule has 6 nitrogen and oxygen atoms in total. The summed E-state index contributed by atoms with van der Waals surface area (Å²) in [6.45, 7) is 0. The summed E-state index contributed by atoms with van der Waals surface area (Å²) >= 11 is 3.93. The summed E-state index contributed by atoms with van der Waals surface area (Å²) in [5.74, 6) is 0.401. The summed E-state index contributed by atoms with van der Waals surface area (Å²) in [5, 5.41) is 2.62. The Labute approximate surface area is 132 Å². The number of pyridine rings is 1. The lowest BCUT2D eigenvalue weighted by atomic mass is 10.2. The molecule has 0 bridgehead atoms. The van der Waals surface area contributed by atoms with Crippen molar-refractivity contribution in [3.63, 3.8) is 0 Å².